The molecule has 0 radical (unpaired) electrons. The first-order valence-electron chi connectivity index (χ1n) is 9.67. The summed E-state index contributed by atoms with van der Waals surface area (Å²) < 4.78 is 6.04. The lowest BCUT2D eigenvalue weighted by atomic mass is 9.96. The van der Waals surface area contributed by atoms with Crippen LogP contribution in [0.5, 0.6) is 0 Å². The quantitative estimate of drug-likeness (QED) is 0.891. The van der Waals surface area contributed by atoms with E-state index < -0.39 is 0 Å². The fourth-order valence-corrected chi connectivity index (χ4v) is 3.80. The lowest BCUT2D eigenvalue weighted by Gasteiger charge is -2.33. The Balaban J connectivity index is 1.30. The molecule has 0 aliphatic carbocycles. The van der Waals surface area contributed by atoms with E-state index in [0.29, 0.717) is 18.6 Å². The zero-order chi connectivity index (χ0) is 17.6. The van der Waals surface area contributed by atoms with Crippen molar-refractivity contribution in [3.05, 3.63) is 48.2 Å². The fraction of sp³-hybridized carbons (Fsp3) is 0.550. The van der Waals surface area contributed by atoms with Crippen LogP contribution in [0.25, 0.3) is 0 Å². The summed E-state index contributed by atoms with van der Waals surface area (Å²) >= 11 is 0. The Hall–Kier alpha value is -2.05. The monoisotopic (exact) mass is 353 g/mol. The molecule has 4 rings (SSSR count). The highest BCUT2D eigenvalue weighted by Gasteiger charge is 2.23. The summed E-state index contributed by atoms with van der Waals surface area (Å²) in [4.78, 5) is 15.7. The zero-order valence-electron chi connectivity index (χ0n) is 15.2. The highest BCUT2D eigenvalue weighted by molar-refractivity contribution is 5.40. The maximum atomic E-state index is 6.04. The van der Waals surface area contributed by atoms with Crippen LogP contribution in [0.15, 0.2) is 36.8 Å². The Kier molecular flexibility index (Phi) is 5.72. The van der Waals surface area contributed by atoms with Gasteiger partial charge >= 0.3 is 0 Å². The van der Waals surface area contributed by atoms with Crippen LogP contribution in [0.3, 0.4) is 0 Å². The molecule has 1 N–H and O–H groups in total. The fourth-order valence-electron chi connectivity index (χ4n) is 3.80. The van der Waals surface area contributed by atoms with Crippen molar-refractivity contribution in [2.75, 3.05) is 31.1 Å². The van der Waals surface area contributed by atoms with E-state index in [9.17, 15) is 0 Å². The summed E-state index contributed by atoms with van der Waals surface area (Å²) in [5, 5.41) is 3.47. The molecule has 138 valence electrons. The standard InChI is InChI=1S/C20H27N5O/c1-2-9-22-17(5-1)14-26-18-6-10-25(11-7-18)20-12-19(23-15-24-20)16-4-3-8-21-13-16/h1-2,5,9,12,15-16,18,21H,3-4,6-8,10-11,13-14H2/t16-/m1/s1. The Morgan fingerprint density at radius 1 is 1.12 bits per heavy atom. The molecule has 6 heteroatoms. The molecule has 2 aromatic heterocycles. The average Bonchev–Trinajstić information content (AvgIpc) is 2.74. The van der Waals surface area contributed by atoms with Crippen LogP contribution in [-0.2, 0) is 11.3 Å². The third-order valence-corrected chi connectivity index (χ3v) is 5.35. The second kappa shape index (κ2) is 8.56. The van der Waals surface area contributed by atoms with E-state index in [0.717, 1.165) is 50.5 Å². The Morgan fingerprint density at radius 3 is 2.81 bits per heavy atom. The zero-order valence-corrected chi connectivity index (χ0v) is 15.2. The summed E-state index contributed by atoms with van der Waals surface area (Å²) in [6, 6.07) is 8.13. The maximum Gasteiger partial charge on any atom is 0.132 e. The molecule has 2 aliphatic rings. The lowest BCUT2D eigenvalue weighted by molar-refractivity contribution is 0.0233. The lowest BCUT2D eigenvalue weighted by Crippen LogP contribution is -2.37. The molecule has 26 heavy (non-hydrogen) atoms. The van der Waals surface area contributed by atoms with Crippen LogP contribution >= 0.6 is 0 Å². The molecular weight excluding hydrogens is 326 g/mol. The largest absolute Gasteiger partial charge is 0.372 e. The smallest absolute Gasteiger partial charge is 0.132 e. The Labute approximate surface area is 155 Å². The van der Waals surface area contributed by atoms with Gasteiger partial charge in [0.15, 0.2) is 0 Å². The highest BCUT2D eigenvalue weighted by Crippen LogP contribution is 2.25. The van der Waals surface area contributed by atoms with Gasteiger partial charge in [-0.2, -0.15) is 0 Å². The number of ether oxygens (including phenoxy) is 1. The van der Waals surface area contributed by atoms with E-state index in [4.69, 9.17) is 4.74 Å². The van der Waals surface area contributed by atoms with Gasteiger partial charge in [-0.25, -0.2) is 9.97 Å². The molecule has 1 atom stereocenters. The minimum absolute atomic E-state index is 0.303. The molecule has 2 aliphatic heterocycles. The second-order valence-corrected chi connectivity index (χ2v) is 7.16. The van der Waals surface area contributed by atoms with E-state index in [1.165, 1.54) is 18.5 Å². The third-order valence-electron chi connectivity index (χ3n) is 5.35. The van der Waals surface area contributed by atoms with Crippen molar-refractivity contribution in [3.8, 4) is 0 Å². The normalized spacial score (nSPS) is 21.7. The molecule has 4 heterocycles. The van der Waals surface area contributed by atoms with Crippen molar-refractivity contribution in [2.24, 2.45) is 0 Å². The number of nitrogens with one attached hydrogen (secondary N) is 1. The van der Waals surface area contributed by atoms with E-state index in [-0.39, 0.29) is 0 Å². The van der Waals surface area contributed by atoms with Crippen molar-refractivity contribution >= 4 is 5.82 Å². The van der Waals surface area contributed by atoms with Gasteiger partial charge in [0.1, 0.15) is 12.1 Å². The van der Waals surface area contributed by atoms with Gasteiger partial charge in [0, 0.05) is 37.8 Å². The van der Waals surface area contributed by atoms with Crippen LogP contribution in [0.2, 0.25) is 0 Å². The van der Waals surface area contributed by atoms with Gasteiger partial charge in [-0.3, -0.25) is 4.98 Å². The van der Waals surface area contributed by atoms with Crippen LogP contribution < -0.4 is 10.2 Å². The molecule has 0 amide bonds. The molecule has 0 aromatic carbocycles. The number of aromatic nitrogens is 3. The minimum atomic E-state index is 0.303. The van der Waals surface area contributed by atoms with Crippen LogP contribution in [0.4, 0.5) is 5.82 Å². The van der Waals surface area contributed by atoms with Crippen molar-refractivity contribution < 1.29 is 4.74 Å². The van der Waals surface area contributed by atoms with Gasteiger partial charge in [-0.15, -0.1) is 0 Å². The molecule has 2 saturated heterocycles. The minimum Gasteiger partial charge on any atom is -0.372 e. The van der Waals surface area contributed by atoms with Crippen molar-refractivity contribution in [2.45, 2.75) is 44.3 Å². The van der Waals surface area contributed by atoms with Gasteiger partial charge in [0.05, 0.1) is 24.1 Å². The number of nitrogens with zero attached hydrogens (tertiary/aromatic N) is 4. The van der Waals surface area contributed by atoms with Crippen LogP contribution in [-0.4, -0.2) is 47.2 Å². The average molecular weight is 353 g/mol. The molecule has 2 fully saturated rings. The first-order chi connectivity index (χ1) is 12.9. The topological polar surface area (TPSA) is 63.2 Å². The van der Waals surface area contributed by atoms with E-state index in [1.807, 2.05) is 24.4 Å². The van der Waals surface area contributed by atoms with Crippen molar-refractivity contribution in [1.29, 1.82) is 0 Å². The number of rotatable bonds is 5. The SMILES string of the molecule is c1ccc(COC2CCN(c3cc([C@@H]4CCCNC4)ncn3)CC2)nc1. The number of pyridine rings is 1. The van der Waals surface area contributed by atoms with E-state index >= 15 is 0 Å². The van der Waals surface area contributed by atoms with Gasteiger partial charge in [0.25, 0.3) is 0 Å². The van der Waals surface area contributed by atoms with Gasteiger partial charge in [-0.1, -0.05) is 6.07 Å². The van der Waals surface area contributed by atoms with E-state index in [2.05, 4.69) is 31.2 Å². The number of piperidine rings is 2. The summed E-state index contributed by atoms with van der Waals surface area (Å²) in [5.41, 5.74) is 2.17. The first kappa shape index (κ1) is 17.4. The number of anilines is 1. The first-order valence-corrected chi connectivity index (χ1v) is 9.67. The Morgan fingerprint density at radius 2 is 2.04 bits per heavy atom. The number of hydrogen-bond donors (Lipinski definition) is 1. The predicted molar refractivity (Wildman–Crippen MR) is 101 cm³/mol. The summed E-state index contributed by atoms with van der Waals surface area (Å²) in [6.45, 7) is 4.71. The van der Waals surface area contributed by atoms with Gasteiger partial charge < -0.3 is 15.0 Å². The van der Waals surface area contributed by atoms with E-state index in [1.54, 1.807) is 6.33 Å². The molecule has 0 unspecified atom stereocenters. The van der Waals surface area contributed by atoms with Gasteiger partial charge in [-0.05, 0) is 44.4 Å². The Bertz CT molecular complexity index is 682. The molecule has 6 nitrogen and oxygen atoms in total. The second-order valence-electron chi connectivity index (χ2n) is 7.16. The summed E-state index contributed by atoms with van der Waals surface area (Å²) in [5.74, 6) is 1.58. The van der Waals surface area contributed by atoms with Crippen molar-refractivity contribution in [3.63, 3.8) is 0 Å². The molecule has 0 bridgehead atoms. The number of hydrogen-bond acceptors (Lipinski definition) is 6. The summed E-state index contributed by atoms with van der Waals surface area (Å²) in [7, 11) is 0. The molecule has 2 aromatic rings. The van der Waals surface area contributed by atoms with Gasteiger partial charge in [0.2, 0.25) is 0 Å². The molecule has 0 saturated carbocycles. The predicted octanol–water partition coefficient (Wildman–Crippen LogP) is 2.52. The van der Waals surface area contributed by atoms with Crippen LogP contribution in [0, 0.1) is 0 Å². The third kappa shape index (κ3) is 4.37. The van der Waals surface area contributed by atoms with Crippen LogP contribution in [0.1, 0.15) is 43.0 Å². The molecule has 0 spiro atoms. The highest BCUT2D eigenvalue weighted by atomic mass is 16.5. The summed E-state index contributed by atoms with van der Waals surface area (Å²) in [6.07, 6.45) is 8.33. The van der Waals surface area contributed by atoms with Crippen molar-refractivity contribution in [1.82, 2.24) is 20.3 Å². The maximum absolute atomic E-state index is 6.04. The molecular formula is C20H27N5O.